The van der Waals surface area contributed by atoms with Crippen LogP contribution >= 0.6 is 15.9 Å². The predicted molar refractivity (Wildman–Crippen MR) is 75.2 cm³/mol. The van der Waals surface area contributed by atoms with E-state index in [1.54, 1.807) is 19.2 Å². The Bertz CT molecular complexity index is 444. The third-order valence-electron chi connectivity index (χ3n) is 3.04. The standard InChI is InChI=1S/C14H18BrFO3/c1-10(17-2)7-8-14(18-3,19-4)11-5-6-12(15)13(16)9-11/h5-6,9H,1,7-8H2,2-4H3. The molecule has 0 spiro atoms. The maximum absolute atomic E-state index is 13.6. The Morgan fingerprint density at radius 1 is 1.32 bits per heavy atom. The van der Waals surface area contributed by atoms with Gasteiger partial charge in [-0.05, 0) is 28.1 Å². The van der Waals surface area contributed by atoms with Crippen molar-refractivity contribution in [1.29, 1.82) is 0 Å². The fourth-order valence-electron chi connectivity index (χ4n) is 1.81. The Hall–Kier alpha value is -0.910. The molecule has 0 amide bonds. The van der Waals surface area contributed by atoms with Crippen molar-refractivity contribution in [2.45, 2.75) is 18.6 Å². The minimum absolute atomic E-state index is 0.360. The Balaban J connectivity index is 3.03. The van der Waals surface area contributed by atoms with Crippen LogP contribution in [0.15, 0.2) is 35.0 Å². The van der Waals surface area contributed by atoms with Crippen molar-refractivity contribution in [2.24, 2.45) is 0 Å². The average Bonchev–Trinajstić information content (AvgIpc) is 2.43. The Morgan fingerprint density at radius 3 is 2.42 bits per heavy atom. The van der Waals surface area contributed by atoms with Crippen LogP contribution in [0.4, 0.5) is 4.39 Å². The van der Waals surface area contributed by atoms with Crippen LogP contribution in [0, 0.1) is 5.82 Å². The van der Waals surface area contributed by atoms with Gasteiger partial charge in [0, 0.05) is 32.6 Å². The van der Waals surface area contributed by atoms with Crippen molar-refractivity contribution >= 4 is 15.9 Å². The quantitative estimate of drug-likeness (QED) is 0.558. The van der Waals surface area contributed by atoms with Gasteiger partial charge in [-0.1, -0.05) is 12.6 Å². The lowest BCUT2D eigenvalue weighted by Gasteiger charge is -2.31. The summed E-state index contributed by atoms with van der Waals surface area (Å²) in [5.74, 6) is -0.749. The van der Waals surface area contributed by atoms with Crippen molar-refractivity contribution in [3.8, 4) is 0 Å². The molecule has 0 unspecified atom stereocenters. The van der Waals surface area contributed by atoms with Gasteiger partial charge in [0.2, 0.25) is 0 Å². The first-order valence-electron chi connectivity index (χ1n) is 5.76. The summed E-state index contributed by atoms with van der Waals surface area (Å²) in [5.41, 5.74) is 0.613. The molecule has 0 aliphatic rings. The lowest BCUT2D eigenvalue weighted by molar-refractivity contribution is -0.220. The van der Waals surface area contributed by atoms with Gasteiger partial charge in [0.15, 0.2) is 5.79 Å². The minimum atomic E-state index is -1.01. The summed E-state index contributed by atoms with van der Waals surface area (Å²) in [4.78, 5) is 0. The number of hydrogen-bond acceptors (Lipinski definition) is 3. The summed E-state index contributed by atoms with van der Waals surface area (Å²) in [7, 11) is 4.61. The summed E-state index contributed by atoms with van der Waals surface area (Å²) >= 11 is 3.12. The van der Waals surface area contributed by atoms with Crippen LogP contribution in [0.25, 0.3) is 0 Å². The van der Waals surface area contributed by atoms with Crippen LogP contribution in [0.2, 0.25) is 0 Å². The molecule has 1 aromatic rings. The second-order valence-electron chi connectivity index (χ2n) is 4.03. The highest BCUT2D eigenvalue weighted by atomic mass is 79.9. The molecule has 5 heteroatoms. The van der Waals surface area contributed by atoms with Gasteiger partial charge in [-0.15, -0.1) is 0 Å². The van der Waals surface area contributed by atoms with Gasteiger partial charge < -0.3 is 14.2 Å². The first kappa shape index (κ1) is 16.1. The predicted octanol–water partition coefficient (Wildman–Crippen LogP) is 3.97. The number of rotatable bonds is 7. The molecule has 3 nitrogen and oxygen atoms in total. The van der Waals surface area contributed by atoms with E-state index in [1.807, 2.05) is 0 Å². The molecule has 0 atom stereocenters. The first-order chi connectivity index (χ1) is 8.99. The molecule has 0 aromatic heterocycles. The third-order valence-corrected chi connectivity index (χ3v) is 3.68. The normalized spacial score (nSPS) is 11.4. The maximum atomic E-state index is 13.6. The van der Waals surface area contributed by atoms with E-state index in [2.05, 4.69) is 22.5 Å². The van der Waals surface area contributed by atoms with Gasteiger partial charge in [0.05, 0.1) is 17.3 Å². The van der Waals surface area contributed by atoms with E-state index in [0.29, 0.717) is 28.6 Å². The van der Waals surface area contributed by atoms with Gasteiger partial charge in [-0.3, -0.25) is 0 Å². The smallest absolute Gasteiger partial charge is 0.194 e. The molecule has 0 saturated heterocycles. The lowest BCUT2D eigenvalue weighted by Crippen LogP contribution is -2.31. The van der Waals surface area contributed by atoms with E-state index in [9.17, 15) is 4.39 Å². The average molecular weight is 333 g/mol. The number of methoxy groups -OCH3 is 3. The maximum Gasteiger partial charge on any atom is 0.194 e. The number of halogens is 2. The largest absolute Gasteiger partial charge is 0.502 e. The fraction of sp³-hybridized carbons (Fsp3) is 0.429. The summed E-state index contributed by atoms with van der Waals surface area (Å²) in [6, 6.07) is 4.78. The van der Waals surface area contributed by atoms with E-state index < -0.39 is 5.79 Å². The number of allylic oxidation sites excluding steroid dienone is 1. The second kappa shape index (κ2) is 7.03. The SMILES string of the molecule is C=C(CCC(OC)(OC)c1ccc(Br)c(F)c1)OC. The van der Waals surface area contributed by atoms with E-state index in [1.165, 1.54) is 20.3 Å². The zero-order chi connectivity index (χ0) is 14.5. The first-order valence-corrected chi connectivity index (χ1v) is 6.56. The summed E-state index contributed by atoms with van der Waals surface area (Å²) in [5, 5.41) is 0. The molecule has 19 heavy (non-hydrogen) atoms. The number of hydrogen-bond donors (Lipinski definition) is 0. The molecule has 0 aliphatic heterocycles. The molecule has 0 saturated carbocycles. The van der Waals surface area contributed by atoms with Crippen LogP contribution in [-0.4, -0.2) is 21.3 Å². The Morgan fingerprint density at radius 2 is 1.95 bits per heavy atom. The van der Waals surface area contributed by atoms with E-state index >= 15 is 0 Å². The van der Waals surface area contributed by atoms with Crippen molar-refractivity contribution < 1.29 is 18.6 Å². The van der Waals surface area contributed by atoms with Crippen molar-refractivity contribution in [3.63, 3.8) is 0 Å². The number of ether oxygens (including phenoxy) is 3. The molecule has 0 heterocycles. The molecule has 0 radical (unpaired) electrons. The molecule has 0 N–H and O–H groups in total. The Labute approximate surface area is 121 Å². The highest BCUT2D eigenvalue weighted by molar-refractivity contribution is 9.10. The molecule has 106 valence electrons. The minimum Gasteiger partial charge on any atom is -0.502 e. The zero-order valence-electron chi connectivity index (χ0n) is 11.3. The van der Waals surface area contributed by atoms with Gasteiger partial charge >= 0.3 is 0 Å². The fourth-order valence-corrected chi connectivity index (χ4v) is 2.05. The monoisotopic (exact) mass is 332 g/mol. The van der Waals surface area contributed by atoms with Crippen LogP contribution in [-0.2, 0) is 20.0 Å². The topological polar surface area (TPSA) is 27.7 Å². The van der Waals surface area contributed by atoms with E-state index in [0.717, 1.165) is 0 Å². The molecule has 0 aliphatic carbocycles. The molecule has 0 bridgehead atoms. The molecular weight excluding hydrogens is 315 g/mol. The van der Waals surface area contributed by atoms with Crippen LogP contribution < -0.4 is 0 Å². The summed E-state index contributed by atoms with van der Waals surface area (Å²) in [6.07, 6.45) is 1.03. The Kier molecular flexibility index (Phi) is 5.97. The van der Waals surface area contributed by atoms with E-state index in [-0.39, 0.29) is 5.82 Å². The highest BCUT2D eigenvalue weighted by Gasteiger charge is 2.32. The molecule has 0 fully saturated rings. The lowest BCUT2D eigenvalue weighted by atomic mass is 9.99. The zero-order valence-corrected chi connectivity index (χ0v) is 12.9. The second-order valence-corrected chi connectivity index (χ2v) is 4.89. The van der Waals surface area contributed by atoms with Crippen LogP contribution in [0.1, 0.15) is 18.4 Å². The summed E-state index contributed by atoms with van der Waals surface area (Å²) in [6.45, 7) is 3.76. The van der Waals surface area contributed by atoms with Crippen molar-refractivity contribution in [2.75, 3.05) is 21.3 Å². The number of benzene rings is 1. The molecular formula is C14H18BrFO3. The molecule has 1 rings (SSSR count). The summed E-state index contributed by atoms with van der Waals surface area (Å²) < 4.78 is 30.0. The van der Waals surface area contributed by atoms with E-state index in [4.69, 9.17) is 14.2 Å². The van der Waals surface area contributed by atoms with Gasteiger partial charge in [0.25, 0.3) is 0 Å². The van der Waals surface area contributed by atoms with Crippen molar-refractivity contribution in [1.82, 2.24) is 0 Å². The van der Waals surface area contributed by atoms with Gasteiger partial charge in [-0.25, -0.2) is 4.39 Å². The molecule has 1 aromatic carbocycles. The third kappa shape index (κ3) is 3.78. The van der Waals surface area contributed by atoms with Crippen LogP contribution in [0.5, 0.6) is 0 Å². The van der Waals surface area contributed by atoms with Gasteiger partial charge in [0.1, 0.15) is 5.82 Å². The van der Waals surface area contributed by atoms with Gasteiger partial charge in [-0.2, -0.15) is 0 Å². The highest BCUT2D eigenvalue weighted by Crippen LogP contribution is 2.34. The van der Waals surface area contributed by atoms with Crippen LogP contribution in [0.3, 0.4) is 0 Å². The van der Waals surface area contributed by atoms with Crippen molar-refractivity contribution in [3.05, 3.63) is 46.4 Å².